The van der Waals surface area contributed by atoms with Gasteiger partial charge in [0, 0.05) is 11.8 Å². The second-order valence-electron chi connectivity index (χ2n) is 3.51. The minimum Gasteiger partial charge on any atom is -0.477 e. The molecular weight excluding hydrogens is 232 g/mol. The van der Waals surface area contributed by atoms with E-state index in [4.69, 9.17) is 5.11 Å². The van der Waals surface area contributed by atoms with Crippen molar-refractivity contribution in [3.8, 4) is 0 Å². The SMILES string of the molecule is C/C=N\N/C(C(=O)O)=C(\C)c1ccccc1C=O. The highest BCUT2D eigenvalue weighted by molar-refractivity contribution is 5.98. The molecule has 0 aliphatic rings. The molecule has 0 spiro atoms. The molecule has 0 aliphatic heterocycles. The van der Waals surface area contributed by atoms with Crippen LogP contribution in [0.1, 0.15) is 29.8 Å². The Balaban J connectivity index is 3.33. The summed E-state index contributed by atoms with van der Waals surface area (Å²) in [5.74, 6) is -1.13. The zero-order chi connectivity index (χ0) is 13.5. The molecule has 1 rings (SSSR count). The van der Waals surface area contributed by atoms with Crippen LogP contribution in [0.5, 0.6) is 0 Å². The van der Waals surface area contributed by atoms with Gasteiger partial charge in [0.05, 0.1) is 0 Å². The zero-order valence-electron chi connectivity index (χ0n) is 10.2. The Hall–Kier alpha value is -2.43. The van der Waals surface area contributed by atoms with Crippen molar-refractivity contribution in [1.82, 2.24) is 5.43 Å². The Bertz CT molecular complexity index is 519. The van der Waals surface area contributed by atoms with Crippen molar-refractivity contribution in [2.45, 2.75) is 13.8 Å². The monoisotopic (exact) mass is 246 g/mol. The lowest BCUT2D eigenvalue weighted by Gasteiger charge is -2.09. The molecule has 0 atom stereocenters. The van der Waals surface area contributed by atoms with E-state index in [0.29, 0.717) is 23.0 Å². The van der Waals surface area contributed by atoms with Gasteiger partial charge in [0.25, 0.3) is 0 Å². The summed E-state index contributed by atoms with van der Waals surface area (Å²) in [7, 11) is 0. The summed E-state index contributed by atoms with van der Waals surface area (Å²) >= 11 is 0. The number of benzene rings is 1. The van der Waals surface area contributed by atoms with E-state index in [2.05, 4.69) is 10.5 Å². The van der Waals surface area contributed by atoms with Gasteiger partial charge in [-0.15, -0.1) is 0 Å². The summed E-state index contributed by atoms with van der Waals surface area (Å²) in [5, 5.41) is 12.8. The maximum atomic E-state index is 11.1. The number of hydrogen-bond donors (Lipinski definition) is 2. The highest BCUT2D eigenvalue weighted by atomic mass is 16.4. The molecule has 0 unspecified atom stereocenters. The summed E-state index contributed by atoms with van der Waals surface area (Å²) in [6.07, 6.45) is 2.14. The Morgan fingerprint density at radius 2 is 2.06 bits per heavy atom. The van der Waals surface area contributed by atoms with Crippen molar-refractivity contribution >= 4 is 24.0 Å². The van der Waals surface area contributed by atoms with E-state index in [0.717, 1.165) is 0 Å². The standard InChI is InChI=1S/C13H14N2O3/c1-3-14-15-12(13(17)18)9(2)11-7-5-4-6-10(11)8-16/h3-8,15H,1-2H3,(H,17,18)/b12-9+,14-3-. The quantitative estimate of drug-likeness (QED) is 0.360. The van der Waals surface area contributed by atoms with E-state index in [1.54, 1.807) is 38.1 Å². The molecule has 5 nitrogen and oxygen atoms in total. The van der Waals surface area contributed by atoms with Crippen LogP contribution >= 0.6 is 0 Å². The Labute approximate surface area is 105 Å². The number of carbonyl (C=O) groups excluding carboxylic acids is 1. The van der Waals surface area contributed by atoms with Crippen molar-refractivity contribution in [1.29, 1.82) is 0 Å². The Morgan fingerprint density at radius 1 is 1.39 bits per heavy atom. The third-order valence-corrected chi connectivity index (χ3v) is 2.39. The number of rotatable bonds is 5. The molecule has 0 aromatic heterocycles. The van der Waals surface area contributed by atoms with Crippen LogP contribution < -0.4 is 5.43 Å². The topological polar surface area (TPSA) is 78.8 Å². The summed E-state index contributed by atoms with van der Waals surface area (Å²) in [4.78, 5) is 22.1. The minimum absolute atomic E-state index is 0.0533. The minimum atomic E-state index is -1.13. The van der Waals surface area contributed by atoms with Crippen LogP contribution in [0.2, 0.25) is 0 Å². The maximum Gasteiger partial charge on any atom is 0.354 e. The van der Waals surface area contributed by atoms with Gasteiger partial charge in [-0.3, -0.25) is 10.2 Å². The largest absolute Gasteiger partial charge is 0.477 e. The first-order chi connectivity index (χ1) is 8.61. The first kappa shape index (κ1) is 13.6. The number of hydrazone groups is 1. The number of hydrogen-bond acceptors (Lipinski definition) is 4. The predicted molar refractivity (Wildman–Crippen MR) is 69.4 cm³/mol. The van der Waals surface area contributed by atoms with Gasteiger partial charge in [-0.25, -0.2) is 4.79 Å². The lowest BCUT2D eigenvalue weighted by molar-refractivity contribution is -0.133. The van der Waals surface area contributed by atoms with Crippen LogP contribution in [-0.4, -0.2) is 23.6 Å². The van der Waals surface area contributed by atoms with Crippen molar-refractivity contribution in [3.05, 3.63) is 41.1 Å². The van der Waals surface area contributed by atoms with E-state index in [-0.39, 0.29) is 5.70 Å². The number of nitrogens with zero attached hydrogens (tertiary/aromatic N) is 1. The molecule has 94 valence electrons. The molecule has 1 aromatic carbocycles. The van der Waals surface area contributed by atoms with Crippen molar-refractivity contribution in [2.75, 3.05) is 0 Å². The van der Waals surface area contributed by atoms with Crippen LogP contribution in [-0.2, 0) is 4.79 Å². The fraction of sp³-hybridized carbons (Fsp3) is 0.154. The van der Waals surface area contributed by atoms with E-state index < -0.39 is 5.97 Å². The number of carbonyl (C=O) groups is 2. The average molecular weight is 246 g/mol. The van der Waals surface area contributed by atoms with Crippen molar-refractivity contribution in [2.24, 2.45) is 5.10 Å². The van der Waals surface area contributed by atoms with E-state index in [1.807, 2.05) is 0 Å². The second-order valence-corrected chi connectivity index (χ2v) is 3.51. The third kappa shape index (κ3) is 3.04. The van der Waals surface area contributed by atoms with Gasteiger partial charge in [0.2, 0.25) is 0 Å². The van der Waals surface area contributed by atoms with E-state index in [1.165, 1.54) is 6.21 Å². The zero-order valence-corrected chi connectivity index (χ0v) is 10.2. The maximum absolute atomic E-state index is 11.1. The van der Waals surface area contributed by atoms with Crippen LogP contribution in [0.25, 0.3) is 5.57 Å². The number of nitrogens with one attached hydrogen (secondary N) is 1. The smallest absolute Gasteiger partial charge is 0.354 e. The molecule has 18 heavy (non-hydrogen) atoms. The lowest BCUT2D eigenvalue weighted by atomic mass is 10.00. The van der Waals surface area contributed by atoms with Gasteiger partial charge in [-0.1, -0.05) is 24.3 Å². The summed E-state index contributed by atoms with van der Waals surface area (Å²) in [5.41, 5.74) is 3.87. The number of aldehydes is 1. The lowest BCUT2D eigenvalue weighted by Crippen LogP contribution is -2.17. The molecule has 5 heteroatoms. The van der Waals surface area contributed by atoms with Crippen molar-refractivity contribution in [3.63, 3.8) is 0 Å². The molecule has 0 saturated heterocycles. The van der Waals surface area contributed by atoms with Crippen molar-refractivity contribution < 1.29 is 14.7 Å². The van der Waals surface area contributed by atoms with Crippen LogP contribution in [0, 0.1) is 0 Å². The van der Waals surface area contributed by atoms with Crippen LogP contribution in [0.15, 0.2) is 35.1 Å². The Kier molecular flexibility index (Phi) is 4.80. The summed E-state index contributed by atoms with van der Waals surface area (Å²) < 4.78 is 0. The molecule has 0 amide bonds. The number of allylic oxidation sites excluding steroid dienone is 1. The van der Waals surface area contributed by atoms with Gasteiger partial charge in [0.15, 0.2) is 6.29 Å². The fourth-order valence-corrected chi connectivity index (χ4v) is 1.50. The average Bonchev–Trinajstić information content (AvgIpc) is 2.38. The number of aliphatic carboxylic acids is 1. The molecule has 2 N–H and O–H groups in total. The molecular formula is C13H14N2O3. The van der Waals surface area contributed by atoms with Gasteiger partial charge in [0.1, 0.15) is 5.70 Å². The second kappa shape index (κ2) is 6.34. The van der Waals surface area contributed by atoms with Crippen LogP contribution in [0.4, 0.5) is 0 Å². The molecule has 1 aromatic rings. The fourth-order valence-electron chi connectivity index (χ4n) is 1.50. The number of carboxylic acids is 1. The van der Waals surface area contributed by atoms with Gasteiger partial charge < -0.3 is 5.11 Å². The summed E-state index contributed by atoms with van der Waals surface area (Å²) in [6.45, 7) is 3.30. The third-order valence-electron chi connectivity index (χ3n) is 2.39. The summed E-state index contributed by atoms with van der Waals surface area (Å²) in [6, 6.07) is 6.79. The van der Waals surface area contributed by atoms with Gasteiger partial charge >= 0.3 is 5.97 Å². The molecule has 0 heterocycles. The molecule has 0 bridgehead atoms. The normalized spacial score (nSPS) is 12.1. The molecule has 0 radical (unpaired) electrons. The number of carboxylic acid groups (broad SMARTS) is 1. The highest BCUT2D eigenvalue weighted by Crippen LogP contribution is 2.20. The molecule has 0 saturated carbocycles. The predicted octanol–water partition coefficient (Wildman–Crippen LogP) is 1.91. The molecule has 0 aliphatic carbocycles. The van der Waals surface area contributed by atoms with Gasteiger partial charge in [-0.2, -0.15) is 5.10 Å². The first-order valence-electron chi connectivity index (χ1n) is 5.34. The highest BCUT2D eigenvalue weighted by Gasteiger charge is 2.14. The van der Waals surface area contributed by atoms with E-state index >= 15 is 0 Å². The first-order valence-corrected chi connectivity index (χ1v) is 5.34. The molecule has 0 fully saturated rings. The van der Waals surface area contributed by atoms with E-state index in [9.17, 15) is 9.59 Å². The van der Waals surface area contributed by atoms with Crippen LogP contribution in [0.3, 0.4) is 0 Å². The van der Waals surface area contributed by atoms with Gasteiger partial charge in [-0.05, 0) is 25.0 Å². The Morgan fingerprint density at radius 3 is 2.61 bits per heavy atom.